The van der Waals surface area contributed by atoms with Crippen LogP contribution in [0.2, 0.25) is 0 Å². The van der Waals surface area contributed by atoms with Crippen molar-refractivity contribution in [2.24, 2.45) is 0 Å². The molecule has 0 unspecified atom stereocenters. The lowest BCUT2D eigenvalue weighted by Crippen LogP contribution is -2.38. The van der Waals surface area contributed by atoms with Gasteiger partial charge in [-0.1, -0.05) is 6.07 Å². The lowest BCUT2D eigenvalue weighted by atomic mass is 10.1. The largest absolute Gasteiger partial charge is 0.416 e. The van der Waals surface area contributed by atoms with Crippen molar-refractivity contribution >= 4 is 5.91 Å². The first-order valence-corrected chi connectivity index (χ1v) is 8.82. The Kier molecular flexibility index (Phi) is 7.34. The SMILES string of the molecule is COCCN(CC(F)F)C(=O)Cc1c(C)nn(-c2cccc(C(F)(F)F)c2)c1C. The Morgan fingerprint density at radius 1 is 1.28 bits per heavy atom. The molecule has 0 spiro atoms. The summed E-state index contributed by atoms with van der Waals surface area (Å²) in [5.41, 5.74) is 0.783. The summed E-state index contributed by atoms with van der Waals surface area (Å²) in [5.74, 6) is -0.530. The minimum absolute atomic E-state index is 0.0134. The molecule has 0 atom stereocenters. The molecule has 1 aromatic heterocycles. The van der Waals surface area contributed by atoms with E-state index in [-0.39, 0.29) is 25.3 Å². The average Bonchev–Trinajstić information content (AvgIpc) is 2.92. The molecule has 0 N–H and O–H groups in total. The Hall–Kier alpha value is -2.49. The van der Waals surface area contributed by atoms with Crippen molar-refractivity contribution in [3.63, 3.8) is 0 Å². The number of nitrogens with zero attached hydrogens (tertiary/aromatic N) is 3. The molecule has 0 fully saturated rings. The van der Waals surface area contributed by atoms with Gasteiger partial charge >= 0.3 is 6.18 Å². The fourth-order valence-corrected chi connectivity index (χ4v) is 2.95. The van der Waals surface area contributed by atoms with Crippen molar-refractivity contribution < 1.29 is 31.5 Å². The Morgan fingerprint density at radius 3 is 2.55 bits per heavy atom. The molecule has 0 aliphatic heterocycles. The molecule has 29 heavy (non-hydrogen) atoms. The van der Waals surface area contributed by atoms with Crippen LogP contribution in [0.25, 0.3) is 5.69 Å². The maximum absolute atomic E-state index is 13.0. The van der Waals surface area contributed by atoms with Crippen molar-refractivity contribution in [1.29, 1.82) is 0 Å². The number of ether oxygens (including phenoxy) is 1. The molecule has 2 aromatic rings. The number of amides is 1. The van der Waals surface area contributed by atoms with E-state index in [2.05, 4.69) is 5.10 Å². The molecule has 0 saturated heterocycles. The highest BCUT2D eigenvalue weighted by atomic mass is 19.4. The Labute approximate surface area is 165 Å². The monoisotopic (exact) mass is 419 g/mol. The van der Waals surface area contributed by atoms with Crippen LogP contribution in [-0.2, 0) is 22.1 Å². The van der Waals surface area contributed by atoms with Gasteiger partial charge in [-0.25, -0.2) is 13.5 Å². The Morgan fingerprint density at radius 2 is 1.97 bits per heavy atom. The zero-order valence-corrected chi connectivity index (χ0v) is 16.3. The molecule has 1 aromatic carbocycles. The van der Waals surface area contributed by atoms with E-state index >= 15 is 0 Å². The number of aryl methyl sites for hydroxylation is 1. The second-order valence-corrected chi connectivity index (χ2v) is 6.51. The van der Waals surface area contributed by atoms with Crippen LogP contribution in [0.4, 0.5) is 22.0 Å². The van der Waals surface area contributed by atoms with Crippen LogP contribution in [0, 0.1) is 13.8 Å². The third kappa shape index (κ3) is 5.75. The summed E-state index contributed by atoms with van der Waals surface area (Å²) < 4.78 is 70.7. The van der Waals surface area contributed by atoms with E-state index in [4.69, 9.17) is 4.74 Å². The van der Waals surface area contributed by atoms with Crippen molar-refractivity contribution in [1.82, 2.24) is 14.7 Å². The maximum Gasteiger partial charge on any atom is 0.416 e. The lowest BCUT2D eigenvalue weighted by Gasteiger charge is -2.22. The molecule has 0 aliphatic carbocycles. The van der Waals surface area contributed by atoms with Gasteiger partial charge in [-0.2, -0.15) is 18.3 Å². The summed E-state index contributed by atoms with van der Waals surface area (Å²) in [5, 5.41) is 4.24. The number of alkyl halides is 5. The third-order valence-corrected chi connectivity index (χ3v) is 4.46. The average molecular weight is 419 g/mol. The van der Waals surface area contributed by atoms with E-state index in [1.807, 2.05) is 0 Å². The number of hydrogen-bond acceptors (Lipinski definition) is 3. The molecule has 0 saturated carbocycles. The molecule has 160 valence electrons. The van der Waals surface area contributed by atoms with Gasteiger partial charge < -0.3 is 9.64 Å². The summed E-state index contributed by atoms with van der Waals surface area (Å²) in [6.45, 7) is 2.64. The van der Waals surface area contributed by atoms with Gasteiger partial charge in [0.2, 0.25) is 5.91 Å². The quantitative estimate of drug-likeness (QED) is 0.612. The van der Waals surface area contributed by atoms with Crippen molar-refractivity contribution in [2.75, 3.05) is 26.8 Å². The van der Waals surface area contributed by atoms with E-state index in [1.54, 1.807) is 13.8 Å². The second-order valence-electron chi connectivity index (χ2n) is 6.51. The van der Waals surface area contributed by atoms with Gasteiger partial charge in [0.1, 0.15) is 0 Å². The summed E-state index contributed by atoms with van der Waals surface area (Å²) in [6, 6.07) is 4.67. The third-order valence-electron chi connectivity index (χ3n) is 4.46. The molecule has 0 bridgehead atoms. The summed E-state index contributed by atoms with van der Waals surface area (Å²) in [6.07, 6.45) is -7.37. The summed E-state index contributed by atoms with van der Waals surface area (Å²) in [7, 11) is 1.40. The van der Waals surface area contributed by atoms with Crippen molar-refractivity contribution in [2.45, 2.75) is 32.9 Å². The summed E-state index contributed by atoms with van der Waals surface area (Å²) >= 11 is 0. The molecular formula is C19H22F5N3O2. The number of hydrogen-bond donors (Lipinski definition) is 0. The van der Waals surface area contributed by atoms with E-state index in [9.17, 15) is 26.7 Å². The van der Waals surface area contributed by atoms with Crippen LogP contribution >= 0.6 is 0 Å². The molecular weight excluding hydrogens is 397 g/mol. The van der Waals surface area contributed by atoms with E-state index in [0.29, 0.717) is 17.0 Å². The fraction of sp³-hybridized carbons (Fsp3) is 0.474. The Bertz CT molecular complexity index is 849. The highest BCUT2D eigenvalue weighted by Crippen LogP contribution is 2.31. The Balaban J connectivity index is 2.30. The summed E-state index contributed by atoms with van der Waals surface area (Å²) in [4.78, 5) is 13.5. The number of benzene rings is 1. The fourth-order valence-electron chi connectivity index (χ4n) is 2.95. The van der Waals surface area contributed by atoms with Crippen molar-refractivity contribution in [3.8, 4) is 5.69 Å². The van der Waals surface area contributed by atoms with Gasteiger partial charge in [-0.3, -0.25) is 4.79 Å². The standard InChI is InChI=1S/C19H22F5N3O2/c1-12-16(10-18(28)26(7-8-29-3)11-17(20)21)13(2)27(25-12)15-6-4-5-14(9-15)19(22,23)24/h4-6,9,17H,7-8,10-11H2,1-3H3. The number of methoxy groups -OCH3 is 1. The number of carbonyl (C=O) groups is 1. The first-order chi connectivity index (χ1) is 13.5. The smallest absolute Gasteiger partial charge is 0.383 e. The lowest BCUT2D eigenvalue weighted by molar-refractivity contribution is -0.137. The van der Waals surface area contributed by atoms with Gasteiger partial charge in [-0.05, 0) is 32.0 Å². The van der Waals surface area contributed by atoms with Gasteiger partial charge in [0.15, 0.2) is 0 Å². The van der Waals surface area contributed by atoms with Crippen molar-refractivity contribution in [3.05, 3.63) is 46.8 Å². The number of aromatic nitrogens is 2. The number of carbonyl (C=O) groups excluding carboxylic acids is 1. The number of rotatable bonds is 8. The first-order valence-electron chi connectivity index (χ1n) is 8.82. The normalized spacial score (nSPS) is 11.9. The molecule has 5 nitrogen and oxygen atoms in total. The van der Waals surface area contributed by atoms with Crippen LogP contribution in [0.3, 0.4) is 0 Å². The van der Waals surface area contributed by atoms with Crippen LogP contribution in [0.1, 0.15) is 22.5 Å². The van der Waals surface area contributed by atoms with Gasteiger partial charge in [0.05, 0.1) is 36.5 Å². The van der Waals surface area contributed by atoms with Gasteiger partial charge in [0, 0.05) is 24.9 Å². The molecule has 0 aliphatic rings. The van der Waals surface area contributed by atoms with Crippen LogP contribution in [0.15, 0.2) is 24.3 Å². The molecule has 10 heteroatoms. The maximum atomic E-state index is 13.0. The first kappa shape index (κ1) is 22.8. The van der Waals surface area contributed by atoms with Crippen LogP contribution < -0.4 is 0 Å². The predicted octanol–water partition coefficient (Wildman–Crippen LogP) is 3.79. The topological polar surface area (TPSA) is 47.4 Å². The minimum Gasteiger partial charge on any atom is -0.383 e. The highest BCUT2D eigenvalue weighted by molar-refractivity contribution is 5.79. The molecule has 2 rings (SSSR count). The van der Waals surface area contributed by atoms with Gasteiger partial charge in [-0.15, -0.1) is 0 Å². The molecule has 1 amide bonds. The molecule has 1 heterocycles. The van der Waals surface area contributed by atoms with Gasteiger partial charge in [0.25, 0.3) is 6.43 Å². The number of halogens is 5. The molecule has 0 radical (unpaired) electrons. The van der Waals surface area contributed by atoms with E-state index < -0.39 is 30.6 Å². The van der Waals surface area contributed by atoms with Crippen LogP contribution in [0.5, 0.6) is 0 Å². The zero-order chi connectivity index (χ0) is 21.8. The van der Waals surface area contributed by atoms with Crippen LogP contribution in [-0.4, -0.2) is 53.8 Å². The predicted molar refractivity (Wildman–Crippen MR) is 96.2 cm³/mol. The van der Waals surface area contributed by atoms with E-state index in [1.165, 1.54) is 23.9 Å². The van der Waals surface area contributed by atoms with E-state index in [0.717, 1.165) is 17.0 Å². The minimum atomic E-state index is -4.50. The highest BCUT2D eigenvalue weighted by Gasteiger charge is 2.31. The second kappa shape index (κ2) is 9.34. The zero-order valence-electron chi connectivity index (χ0n) is 16.3.